The number of nitrogens with one attached hydrogen (secondary N) is 1. The maximum atomic E-state index is 6.19. The van der Waals surface area contributed by atoms with Crippen LogP contribution < -0.4 is 10.1 Å². The zero-order valence-electron chi connectivity index (χ0n) is 10.9. The van der Waals surface area contributed by atoms with Gasteiger partial charge in [-0.25, -0.2) is 0 Å². The maximum Gasteiger partial charge on any atom is 0.138 e. The quantitative estimate of drug-likeness (QED) is 0.891. The average Bonchev–Trinajstić information content (AvgIpc) is 2.74. The summed E-state index contributed by atoms with van der Waals surface area (Å²) in [6.45, 7) is 3.48. The Kier molecular flexibility index (Phi) is 4.87. The molecule has 4 heteroatoms. The van der Waals surface area contributed by atoms with E-state index in [2.05, 4.69) is 12.2 Å². The van der Waals surface area contributed by atoms with Crippen LogP contribution in [0.25, 0.3) is 0 Å². The highest BCUT2D eigenvalue weighted by Crippen LogP contribution is 2.27. The summed E-state index contributed by atoms with van der Waals surface area (Å²) in [6.07, 6.45) is 2.74. The molecule has 2 unspecified atom stereocenters. The van der Waals surface area contributed by atoms with Crippen molar-refractivity contribution in [2.24, 2.45) is 0 Å². The van der Waals surface area contributed by atoms with Gasteiger partial charge in [-0.05, 0) is 44.5 Å². The standard InChI is InChI=1S/C14H20ClNO2/c1-10-3-5-12(18-10)9-17-14-6-4-11(8-16-2)7-13(14)15/h4,6-7,10,12,16H,3,5,8-9H2,1-2H3. The third-order valence-electron chi connectivity index (χ3n) is 3.12. The Morgan fingerprint density at radius 2 is 2.28 bits per heavy atom. The molecule has 1 aromatic carbocycles. The SMILES string of the molecule is CNCc1ccc(OCC2CCC(C)O2)c(Cl)c1. The molecule has 0 amide bonds. The van der Waals surface area contributed by atoms with Crippen LogP contribution in [0.5, 0.6) is 5.75 Å². The minimum absolute atomic E-state index is 0.202. The van der Waals surface area contributed by atoms with Crippen molar-refractivity contribution in [3.05, 3.63) is 28.8 Å². The predicted molar refractivity (Wildman–Crippen MR) is 73.3 cm³/mol. The minimum Gasteiger partial charge on any atom is -0.489 e. The van der Waals surface area contributed by atoms with Crippen LogP contribution in [0.1, 0.15) is 25.3 Å². The van der Waals surface area contributed by atoms with Crippen LogP contribution in [0.2, 0.25) is 5.02 Å². The second-order valence-corrected chi connectivity index (χ2v) is 5.16. The summed E-state index contributed by atoms with van der Waals surface area (Å²) in [5.74, 6) is 0.736. The molecule has 2 atom stereocenters. The van der Waals surface area contributed by atoms with Gasteiger partial charge in [0.05, 0.1) is 17.2 Å². The number of rotatable bonds is 5. The second-order valence-electron chi connectivity index (χ2n) is 4.75. The Labute approximate surface area is 113 Å². The molecule has 0 saturated carbocycles. The van der Waals surface area contributed by atoms with E-state index in [0.29, 0.717) is 17.7 Å². The molecule has 0 bridgehead atoms. The molecule has 3 nitrogen and oxygen atoms in total. The molecule has 100 valence electrons. The Morgan fingerprint density at radius 1 is 1.44 bits per heavy atom. The topological polar surface area (TPSA) is 30.5 Å². The van der Waals surface area contributed by atoms with Crippen molar-refractivity contribution in [1.29, 1.82) is 0 Å². The van der Waals surface area contributed by atoms with E-state index in [0.717, 1.165) is 30.7 Å². The van der Waals surface area contributed by atoms with Crippen LogP contribution in [0.4, 0.5) is 0 Å². The van der Waals surface area contributed by atoms with Gasteiger partial charge >= 0.3 is 0 Å². The second kappa shape index (κ2) is 6.41. The van der Waals surface area contributed by atoms with Crippen LogP contribution in [-0.4, -0.2) is 25.9 Å². The highest BCUT2D eigenvalue weighted by atomic mass is 35.5. The molecule has 1 aliphatic heterocycles. The molecule has 1 N–H and O–H groups in total. The molecule has 0 spiro atoms. The predicted octanol–water partition coefficient (Wildman–Crippen LogP) is 3.01. The summed E-state index contributed by atoms with van der Waals surface area (Å²) in [6, 6.07) is 5.88. The first kappa shape index (κ1) is 13.7. The van der Waals surface area contributed by atoms with E-state index in [1.807, 2.05) is 25.2 Å². The van der Waals surface area contributed by atoms with Crippen molar-refractivity contribution in [3.63, 3.8) is 0 Å². The van der Waals surface area contributed by atoms with Gasteiger partial charge in [0.15, 0.2) is 0 Å². The summed E-state index contributed by atoms with van der Waals surface area (Å²) >= 11 is 6.19. The van der Waals surface area contributed by atoms with Gasteiger partial charge in [-0.3, -0.25) is 0 Å². The van der Waals surface area contributed by atoms with Crippen molar-refractivity contribution in [1.82, 2.24) is 5.32 Å². The van der Waals surface area contributed by atoms with Crippen molar-refractivity contribution in [3.8, 4) is 5.75 Å². The third kappa shape index (κ3) is 3.61. The molecule has 1 saturated heterocycles. The lowest BCUT2D eigenvalue weighted by Crippen LogP contribution is -2.18. The molecule has 0 radical (unpaired) electrons. The van der Waals surface area contributed by atoms with Crippen molar-refractivity contribution >= 4 is 11.6 Å². The molecule has 1 fully saturated rings. The number of hydrogen-bond donors (Lipinski definition) is 1. The lowest BCUT2D eigenvalue weighted by atomic mass is 10.2. The first-order chi connectivity index (χ1) is 8.69. The Bertz CT molecular complexity index is 397. The Hall–Kier alpha value is -0.770. The fraction of sp³-hybridized carbons (Fsp3) is 0.571. The van der Waals surface area contributed by atoms with E-state index in [4.69, 9.17) is 21.1 Å². The van der Waals surface area contributed by atoms with Gasteiger partial charge < -0.3 is 14.8 Å². The molecular formula is C14H20ClNO2. The lowest BCUT2D eigenvalue weighted by Gasteiger charge is -2.14. The van der Waals surface area contributed by atoms with Crippen LogP contribution >= 0.6 is 11.6 Å². The molecule has 2 rings (SSSR count). The van der Waals surface area contributed by atoms with Gasteiger partial charge in [0.2, 0.25) is 0 Å². The van der Waals surface area contributed by atoms with Crippen molar-refractivity contribution in [2.75, 3.05) is 13.7 Å². The number of benzene rings is 1. The number of halogens is 1. The lowest BCUT2D eigenvalue weighted by molar-refractivity contribution is 0.0265. The van der Waals surface area contributed by atoms with E-state index in [1.165, 1.54) is 0 Å². The van der Waals surface area contributed by atoms with Gasteiger partial charge in [0.1, 0.15) is 12.4 Å². The van der Waals surface area contributed by atoms with Crippen LogP contribution in [-0.2, 0) is 11.3 Å². The van der Waals surface area contributed by atoms with E-state index in [1.54, 1.807) is 0 Å². The van der Waals surface area contributed by atoms with Crippen LogP contribution in [0.3, 0.4) is 0 Å². The van der Waals surface area contributed by atoms with Gasteiger partial charge in [0.25, 0.3) is 0 Å². The number of hydrogen-bond acceptors (Lipinski definition) is 3. The van der Waals surface area contributed by atoms with Crippen LogP contribution in [0, 0.1) is 0 Å². The summed E-state index contributed by atoms with van der Waals surface area (Å²) in [7, 11) is 1.91. The largest absolute Gasteiger partial charge is 0.489 e. The summed E-state index contributed by atoms with van der Waals surface area (Å²) in [5, 5.41) is 3.75. The molecule has 1 aromatic rings. The first-order valence-corrected chi connectivity index (χ1v) is 6.78. The molecule has 1 heterocycles. The van der Waals surface area contributed by atoms with E-state index in [9.17, 15) is 0 Å². The molecule has 0 aromatic heterocycles. The maximum absolute atomic E-state index is 6.19. The van der Waals surface area contributed by atoms with Gasteiger partial charge in [-0.15, -0.1) is 0 Å². The molecular weight excluding hydrogens is 250 g/mol. The Balaban J connectivity index is 1.89. The highest BCUT2D eigenvalue weighted by molar-refractivity contribution is 6.32. The highest BCUT2D eigenvalue weighted by Gasteiger charge is 2.22. The fourth-order valence-electron chi connectivity index (χ4n) is 2.17. The van der Waals surface area contributed by atoms with Crippen LogP contribution in [0.15, 0.2) is 18.2 Å². The molecule has 0 aliphatic carbocycles. The zero-order chi connectivity index (χ0) is 13.0. The Morgan fingerprint density at radius 3 is 2.89 bits per heavy atom. The monoisotopic (exact) mass is 269 g/mol. The van der Waals surface area contributed by atoms with E-state index in [-0.39, 0.29) is 6.10 Å². The van der Waals surface area contributed by atoms with E-state index < -0.39 is 0 Å². The summed E-state index contributed by atoms with van der Waals surface area (Å²) in [5.41, 5.74) is 1.15. The van der Waals surface area contributed by atoms with E-state index >= 15 is 0 Å². The zero-order valence-corrected chi connectivity index (χ0v) is 11.7. The molecule has 1 aliphatic rings. The third-order valence-corrected chi connectivity index (χ3v) is 3.42. The number of ether oxygens (including phenoxy) is 2. The van der Waals surface area contributed by atoms with Crippen molar-refractivity contribution in [2.45, 2.75) is 38.5 Å². The normalized spacial score (nSPS) is 23.3. The van der Waals surface area contributed by atoms with Crippen molar-refractivity contribution < 1.29 is 9.47 Å². The smallest absolute Gasteiger partial charge is 0.138 e. The summed E-state index contributed by atoms with van der Waals surface area (Å²) in [4.78, 5) is 0. The fourth-order valence-corrected chi connectivity index (χ4v) is 2.42. The average molecular weight is 270 g/mol. The van der Waals surface area contributed by atoms with Gasteiger partial charge in [-0.1, -0.05) is 17.7 Å². The summed E-state index contributed by atoms with van der Waals surface area (Å²) < 4.78 is 11.4. The minimum atomic E-state index is 0.202. The molecule has 18 heavy (non-hydrogen) atoms. The first-order valence-electron chi connectivity index (χ1n) is 6.40. The van der Waals surface area contributed by atoms with Gasteiger partial charge in [0, 0.05) is 6.54 Å². The van der Waals surface area contributed by atoms with Gasteiger partial charge in [-0.2, -0.15) is 0 Å².